The smallest absolute Gasteiger partial charge is 0.234 e. The summed E-state index contributed by atoms with van der Waals surface area (Å²) >= 11 is 0. The van der Waals surface area contributed by atoms with Gasteiger partial charge < -0.3 is 10.4 Å². The highest BCUT2D eigenvalue weighted by Crippen LogP contribution is 2.36. The minimum absolute atomic E-state index is 0.0551. The van der Waals surface area contributed by atoms with Gasteiger partial charge >= 0.3 is 0 Å². The summed E-state index contributed by atoms with van der Waals surface area (Å²) in [4.78, 5) is 12.1. The molecule has 1 aliphatic carbocycles. The van der Waals surface area contributed by atoms with Crippen molar-refractivity contribution >= 4 is 5.91 Å². The minimum Gasteiger partial charge on any atom is -0.394 e. The van der Waals surface area contributed by atoms with Crippen molar-refractivity contribution in [3.05, 3.63) is 70.5 Å². The molecule has 2 aromatic rings. The molecule has 0 aromatic heterocycles. The van der Waals surface area contributed by atoms with E-state index in [1.54, 1.807) is 19.1 Å². The van der Waals surface area contributed by atoms with E-state index < -0.39 is 5.54 Å². The Morgan fingerprint density at radius 2 is 2.08 bits per heavy atom. The predicted molar refractivity (Wildman–Crippen MR) is 94.5 cm³/mol. The van der Waals surface area contributed by atoms with Gasteiger partial charge in [0.05, 0.1) is 18.7 Å². The van der Waals surface area contributed by atoms with Crippen molar-refractivity contribution in [3.8, 4) is 0 Å². The molecule has 1 aliphatic rings. The van der Waals surface area contributed by atoms with Crippen LogP contribution in [0.15, 0.2) is 42.5 Å². The Morgan fingerprint density at radius 1 is 1.28 bits per heavy atom. The van der Waals surface area contributed by atoms with E-state index >= 15 is 0 Å². The van der Waals surface area contributed by atoms with Crippen molar-refractivity contribution < 1.29 is 14.3 Å². The predicted octanol–water partition coefficient (Wildman–Crippen LogP) is 2.17. The summed E-state index contributed by atoms with van der Waals surface area (Å²) in [6.45, 7) is 2.03. The molecule has 5 heteroatoms. The van der Waals surface area contributed by atoms with Crippen LogP contribution in [0.4, 0.5) is 4.39 Å². The molecule has 4 nitrogen and oxygen atoms in total. The molecular weight excluding hydrogens is 319 g/mol. The zero-order valence-electron chi connectivity index (χ0n) is 14.3. The fourth-order valence-electron chi connectivity index (χ4n) is 3.35. The molecule has 0 heterocycles. The first-order valence-electron chi connectivity index (χ1n) is 8.50. The Bertz CT molecular complexity index is 778. The van der Waals surface area contributed by atoms with Crippen LogP contribution in [0.25, 0.3) is 0 Å². The molecule has 1 atom stereocenters. The number of rotatable bonds is 6. The molecule has 0 aliphatic heterocycles. The first-order valence-corrected chi connectivity index (χ1v) is 8.50. The number of aryl methyl sites for hydroxylation is 2. The molecular formula is C20H23FN2O2. The van der Waals surface area contributed by atoms with Crippen LogP contribution in [0.2, 0.25) is 0 Å². The fraction of sp³-hybridized carbons (Fsp3) is 0.350. The van der Waals surface area contributed by atoms with Gasteiger partial charge in [0, 0.05) is 6.54 Å². The molecule has 3 rings (SSSR count). The van der Waals surface area contributed by atoms with E-state index in [0.29, 0.717) is 5.56 Å². The fourth-order valence-corrected chi connectivity index (χ4v) is 3.35. The number of halogens is 1. The van der Waals surface area contributed by atoms with Crippen molar-refractivity contribution in [2.75, 3.05) is 13.2 Å². The number of aliphatic hydroxyl groups is 1. The average molecular weight is 342 g/mol. The van der Waals surface area contributed by atoms with E-state index in [0.717, 1.165) is 24.0 Å². The standard InChI is InChI=1S/C20H23FN2O2/c1-14-6-7-15(10-18(14)21)11-22-19(25)12-23-20(13-24)9-8-16-4-2-3-5-17(16)20/h2-7,10,23-24H,8-9,11-13H2,1H3,(H,22,25). The second kappa shape index (κ2) is 7.33. The lowest BCUT2D eigenvalue weighted by molar-refractivity contribution is -0.120. The largest absolute Gasteiger partial charge is 0.394 e. The van der Waals surface area contributed by atoms with Gasteiger partial charge in [0.15, 0.2) is 0 Å². The van der Waals surface area contributed by atoms with Crippen LogP contribution in [-0.2, 0) is 23.3 Å². The number of carbonyl (C=O) groups excluding carboxylic acids is 1. The van der Waals surface area contributed by atoms with Gasteiger partial charge in [-0.05, 0) is 48.1 Å². The van der Waals surface area contributed by atoms with E-state index in [-0.39, 0.29) is 31.4 Å². The van der Waals surface area contributed by atoms with Gasteiger partial charge in [0.25, 0.3) is 0 Å². The minimum atomic E-state index is -0.566. The van der Waals surface area contributed by atoms with Crippen LogP contribution in [0.5, 0.6) is 0 Å². The number of hydrogen-bond donors (Lipinski definition) is 3. The SMILES string of the molecule is Cc1ccc(CNC(=O)CNC2(CO)CCc3ccccc32)cc1F. The molecule has 0 bridgehead atoms. The number of fused-ring (bicyclic) bond motifs is 1. The first kappa shape index (κ1) is 17.6. The Morgan fingerprint density at radius 3 is 2.84 bits per heavy atom. The number of hydrogen-bond acceptors (Lipinski definition) is 3. The molecule has 0 saturated heterocycles. The Labute approximate surface area is 147 Å². The quantitative estimate of drug-likeness (QED) is 0.754. The third-order valence-electron chi connectivity index (χ3n) is 4.94. The summed E-state index contributed by atoms with van der Waals surface area (Å²) in [6.07, 6.45) is 1.65. The van der Waals surface area contributed by atoms with Crippen molar-refractivity contribution in [2.24, 2.45) is 0 Å². The van der Waals surface area contributed by atoms with E-state index in [1.165, 1.54) is 11.6 Å². The van der Waals surface area contributed by atoms with Gasteiger partial charge in [0.1, 0.15) is 5.82 Å². The van der Waals surface area contributed by atoms with Crippen LogP contribution in [-0.4, -0.2) is 24.2 Å². The maximum Gasteiger partial charge on any atom is 0.234 e. The van der Waals surface area contributed by atoms with Gasteiger partial charge in [-0.1, -0.05) is 36.4 Å². The second-order valence-electron chi connectivity index (χ2n) is 6.61. The zero-order valence-corrected chi connectivity index (χ0v) is 14.3. The normalized spacial score (nSPS) is 18.8. The lowest BCUT2D eigenvalue weighted by Gasteiger charge is -2.29. The Hall–Kier alpha value is -2.24. The molecule has 1 unspecified atom stereocenters. The summed E-state index contributed by atoms with van der Waals surface area (Å²) in [5.41, 5.74) is 3.01. The van der Waals surface area contributed by atoms with Crippen molar-refractivity contribution in [2.45, 2.75) is 31.8 Å². The third-order valence-corrected chi connectivity index (χ3v) is 4.94. The molecule has 0 radical (unpaired) electrons. The van der Waals surface area contributed by atoms with Crippen molar-refractivity contribution in [1.82, 2.24) is 10.6 Å². The lowest BCUT2D eigenvalue weighted by Crippen LogP contribution is -2.48. The first-order chi connectivity index (χ1) is 12.0. The molecule has 3 N–H and O–H groups in total. The molecule has 0 spiro atoms. The maximum atomic E-state index is 13.5. The van der Waals surface area contributed by atoms with Crippen LogP contribution in [0, 0.1) is 12.7 Å². The molecule has 2 aromatic carbocycles. The number of amides is 1. The summed E-state index contributed by atoms with van der Waals surface area (Å²) in [6, 6.07) is 12.9. The van der Waals surface area contributed by atoms with Gasteiger partial charge in [-0.2, -0.15) is 0 Å². The molecule has 132 valence electrons. The van der Waals surface area contributed by atoms with E-state index in [9.17, 15) is 14.3 Å². The highest BCUT2D eigenvalue weighted by Gasteiger charge is 2.37. The van der Waals surface area contributed by atoms with E-state index in [2.05, 4.69) is 16.7 Å². The van der Waals surface area contributed by atoms with Crippen LogP contribution < -0.4 is 10.6 Å². The lowest BCUT2D eigenvalue weighted by atomic mass is 9.92. The molecule has 0 saturated carbocycles. The molecule has 1 amide bonds. The Balaban J connectivity index is 1.57. The van der Waals surface area contributed by atoms with Gasteiger partial charge in [-0.25, -0.2) is 4.39 Å². The monoisotopic (exact) mass is 342 g/mol. The molecule has 0 fully saturated rings. The summed E-state index contributed by atoms with van der Waals surface area (Å²) in [5.74, 6) is -0.454. The van der Waals surface area contributed by atoms with Gasteiger partial charge in [-0.3, -0.25) is 10.1 Å². The second-order valence-corrected chi connectivity index (χ2v) is 6.61. The van der Waals surface area contributed by atoms with Crippen LogP contribution >= 0.6 is 0 Å². The van der Waals surface area contributed by atoms with Crippen molar-refractivity contribution in [1.29, 1.82) is 0 Å². The van der Waals surface area contributed by atoms with Crippen molar-refractivity contribution in [3.63, 3.8) is 0 Å². The Kier molecular flexibility index (Phi) is 5.16. The third kappa shape index (κ3) is 3.72. The number of aliphatic hydroxyl groups excluding tert-OH is 1. The average Bonchev–Trinajstić information content (AvgIpc) is 3.00. The highest BCUT2D eigenvalue weighted by molar-refractivity contribution is 5.78. The van der Waals surface area contributed by atoms with Crippen LogP contribution in [0.1, 0.15) is 28.7 Å². The van der Waals surface area contributed by atoms with Gasteiger partial charge in [-0.15, -0.1) is 0 Å². The number of nitrogens with one attached hydrogen (secondary N) is 2. The number of benzene rings is 2. The summed E-state index contributed by atoms with van der Waals surface area (Å²) < 4.78 is 13.5. The number of carbonyl (C=O) groups is 1. The summed E-state index contributed by atoms with van der Waals surface area (Å²) in [5, 5.41) is 15.9. The van der Waals surface area contributed by atoms with Crippen LogP contribution in [0.3, 0.4) is 0 Å². The van der Waals surface area contributed by atoms with Gasteiger partial charge in [0.2, 0.25) is 5.91 Å². The summed E-state index contributed by atoms with van der Waals surface area (Å²) in [7, 11) is 0. The highest BCUT2D eigenvalue weighted by atomic mass is 19.1. The molecule has 25 heavy (non-hydrogen) atoms. The van der Waals surface area contributed by atoms with E-state index in [4.69, 9.17) is 0 Å². The zero-order chi connectivity index (χ0) is 17.9. The topological polar surface area (TPSA) is 61.4 Å². The maximum absolute atomic E-state index is 13.5. The van der Waals surface area contributed by atoms with E-state index in [1.807, 2.05) is 18.2 Å².